The molecule has 0 aliphatic rings. The van der Waals surface area contributed by atoms with Crippen molar-refractivity contribution in [2.45, 2.75) is 54.9 Å². The van der Waals surface area contributed by atoms with Crippen molar-refractivity contribution in [1.29, 1.82) is 0 Å². The molecule has 0 radical (unpaired) electrons. The Morgan fingerprint density at radius 1 is 1.00 bits per heavy atom. The van der Waals surface area contributed by atoms with E-state index < -0.39 is 0 Å². The first-order valence-corrected chi connectivity index (χ1v) is 12.2. The third kappa shape index (κ3) is 6.81. The first-order valence-electron chi connectivity index (χ1n) is 12.2. The predicted octanol–water partition coefficient (Wildman–Crippen LogP) is 6.02. The number of benzene rings is 2. The molecule has 2 aromatic carbocycles. The maximum absolute atomic E-state index is 13.4. The van der Waals surface area contributed by atoms with Crippen molar-refractivity contribution in [2.75, 3.05) is 18.4 Å². The predicted molar refractivity (Wildman–Crippen MR) is 143 cm³/mol. The zero-order valence-corrected chi connectivity index (χ0v) is 22.1. The molecule has 0 unspecified atom stereocenters. The van der Waals surface area contributed by atoms with E-state index in [2.05, 4.69) is 19.2 Å². The number of aromatic nitrogens is 2. The highest BCUT2D eigenvalue weighted by atomic mass is 16.2. The van der Waals surface area contributed by atoms with Crippen molar-refractivity contribution in [3.63, 3.8) is 0 Å². The number of para-hydroxylation sites is 1. The van der Waals surface area contributed by atoms with Crippen LogP contribution in [0.2, 0.25) is 0 Å². The summed E-state index contributed by atoms with van der Waals surface area (Å²) in [5.74, 6) is 0.625. The first kappa shape index (κ1) is 26.2. The van der Waals surface area contributed by atoms with Crippen molar-refractivity contribution in [3.05, 3.63) is 65.9 Å². The highest BCUT2D eigenvalue weighted by Crippen LogP contribution is 2.34. The van der Waals surface area contributed by atoms with E-state index in [9.17, 15) is 9.59 Å². The smallest absolute Gasteiger partial charge is 0.245 e. The van der Waals surface area contributed by atoms with E-state index in [0.29, 0.717) is 18.8 Å². The lowest BCUT2D eigenvalue weighted by Gasteiger charge is -2.28. The van der Waals surface area contributed by atoms with Gasteiger partial charge in [0.2, 0.25) is 11.8 Å². The van der Waals surface area contributed by atoms with Gasteiger partial charge < -0.3 is 10.2 Å². The van der Waals surface area contributed by atoms with Crippen molar-refractivity contribution in [1.82, 2.24) is 14.7 Å². The van der Waals surface area contributed by atoms with Crippen LogP contribution < -0.4 is 5.32 Å². The second kappa shape index (κ2) is 10.9. The maximum Gasteiger partial charge on any atom is 0.245 e. The van der Waals surface area contributed by atoms with Crippen LogP contribution in [0.4, 0.5) is 5.82 Å². The molecule has 1 N–H and O–H groups in total. The van der Waals surface area contributed by atoms with Crippen LogP contribution in [0.25, 0.3) is 16.8 Å². The van der Waals surface area contributed by atoms with Crippen LogP contribution >= 0.6 is 0 Å². The third-order valence-electron chi connectivity index (χ3n) is 5.68. The maximum atomic E-state index is 13.4. The van der Waals surface area contributed by atoms with Gasteiger partial charge in [-0.2, -0.15) is 5.10 Å². The Kier molecular flexibility index (Phi) is 8.15. The molecule has 0 fully saturated rings. The van der Waals surface area contributed by atoms with Gasteiger partial charge in [-0.1, -0.05) is 83.1 Å². The van der Waals surface area contributed by atoms with Crippen LogP contribution in [0.1, 0.15) is 52.3 Å². The molecule has 0 aliphatic heterocycles. The van der Waals surface area contributed by atoms with Crippen LogP contribution in [0.15, 0.2) is 54.6 Å². The molecule has 6 heteroatoms. The quantitative estimate of drug-likeness (QED) is 0.434. The number of aryl methyl sites for hydroxylation is 2. The molecule has 3 aromatic rings. The standard InChI is InChI=1S/C29H38N4O2/c1-20(2)18-32(26(35)17-29(5,6)7)19-25(34)30-28-27(23-14-9-8-10-15-23)22(4)31-33(28)24-16-12-11-13-21(24)3/h8-16,20H,17-19H2,1-7H3,(H,30,34). The summed E-state index contributed by atoms with van der Waals surface area (Å²) >= 11 is 0. The summed E-state index contributed by atoms with van der Waals surface area (Å²) in [5.41, 5.74) is 4.46. The molecule has 2 amide bonds. The van der Waals surface area contributed by atoms with Gasteiger partial charge in [0, 0.05) is 18.5 Å². The number of carbonyl (C=O) groups is 2. The zero-order chi connectivity index (χ0) is 25.8. The average molecular weight is 475 g/mol. The number of nitrogens with zero attached hydrogens (tertiary/aromatic N) is 3. The molecular weight excluding hydrogens is 436 g/mol. The molecular formula is C29H38N4O2. The lowest BCUT2D eigenvalue weighted by atomic mass is 9.91. The topological polar surface area (TPSA) is 67.2 Å². The normalized spacial score (nSPS) is 11.5. The minimum absolute atomic E-state index is 0.000672. The summed E-state index contributed by atoms with van der Waals surface area (Å²) in [4.78, 5) is 28.1. The number of rotatable bonds is 8. The molecule has 0 saturated heterocycles. The van der Waals surface area contributed by atoms with E-state index in [1.54, 1.807) is 9.58 Å². The number of hydrogen-bond acceptors (Lipinski definition) is 3. The van der Waals surface area contributed by atoms with Gasteiger partial charge in [0.05, 0.1) is 17.9 Å². The molecule has 6 nitrogen and oxygen atoms in total. The fourth-order valence-electron chi connectivity index (χ4n) is 4.17. The van der Waals surface area contributed by atoms with Gasteiger partial charge in [-0.15, -0.1) is 0 Å². The van der Waals surface area contributed by atoms with Gasteiger partial charge in [-0.05, 0) is 42.4 Å². The summed E-state index contributed by atoms with van der Waals surface area (Å²) in [6.45, 7) is 14.7. The number of anilines is 1. The fraction of sp³-hybridized carbons (Fsp3) is 0.414. The second-order valence-corrected chi connectivity index (χ2v) is 10.8. The van der Waals surface area contributed by atoms with Gasteiger partial charge in [0.15, 0.2) is 0 Å². The summed E-state index contributed by atoms with van der Waals surface area (Å²) < 4.78 is 1.80. The molecule has 0 aliphatic carbocycles. The van der Waals surface area contributed by atoms with Gasteiger partial charge >= 0.3 is 0 Å². The van der Waals surface area contributed by atoms with Crippen molar-refractivity contribution in [2.24, 2.45) is 11.3 Å². The Balaban J connectivity index is 1.99. The largest absolute Gasteiger partial charge is 0.333 e. The van der Waals surface area contributed by atoms with Crippen LogP contribution in [0.5, 0.6) is 0 Å². The second-order valence-electron chi connectivity index (χ2n) is 10.8. The van der Waals surface area contributed by atoms with Crippen LogP contribution in [0.3, 0.4) is 0 Å². The minimum atomic E-state index is -0.236. The molecule has 0 spiro atoms. The third-order valence-corrected chi connectivity index (χ3v) is 5.68. The minimum Gasteiger partial charge on any atom is -0.333 e. The zero-order valence-electron chi connectivity index (χ0n) is 22.1. The van der Waals surface area contributed by atoms with Crippen LogP contribution in [0, 0.1) is 25.2 Å². The first-order chi connectivity index (χ1) is 16.5. The SMILES string of the molecule is Cc1ccccc1-n1nc(C)c(-c2ccccc2)c1NC(=O)CN(CC(C)C)C(=O)CC(C)(C)C. The van der Waals surface area contributed by atoms with Crippen LogP contribution in [-0.4, -0.2) is 39.6 Å². The molecule has 186 valence electrons. The molecule has 0 bridgehead atoms. The Labute approximate surface area is 209 Å². The van der Waals surface area contributed by atoms with E-state index in [4.69, 9.17) is 5.10 Å². The van der Waals surface area contributed by atoms with Crippen molar-refractivity contribution in [3.8, 4) is 16.8 Å². The number of nitrogens with one attached hydrogen (secondary N) is 1. The fourth-order valence-corrected chi connectivity index (χ4v) is 4.17. The molecule has 3 rings (SSSR count). The average Bonchev–Trinajstić information content (AvgIpc) is 3.08. The van der Waals surface area contributed by atoms with Gasteiger partial charge in [-0.3, -0.25) is 9.59 Å². The monoisotopic (exact) mass is 474 g/mol. The Hall–Kier alpha value is -3.41. The van der Waals surface area contributed by atoms with Gasteiger partial charge in [0.25, 0.3) is 0 Å². The van der Waals surface area contributed by atoms with E-state index >= 15 is 0 Å². The Morgan fingerprint density at radius 3 is 2.23 bits per heavy atom. The van der Waals surface area contributed by atoms with E-state index in [-0.39, 0.29) is 29.7 Å². The molecule has 35 heavy (non-hydrogen) atoms. The molecule has 0 saturated carbocycles. The van der Waals surface area contributed by atoms with E-state index in [1.807, 2.05) is 89.2 Å². The number of carbonyl (C=O) groups excluding carboxylic acids is 2. The van der Waals surface area contributed by atoms with Gasteiger partial charge in [-0.25, -0.2) is 4.68 Å². The lowest BCUT2D eigenvalue weighted by Crippen LogP contribution is -2.41. The lowest BCUT2D eigenvalue weighted by molar-refractivity contribution is -0.136. The van der Waals surface area contributed by atoms with Crippen molar-refractivity contribution >= 4 is 17.6 Å². The number of hydrogen-bond donors (Lipinski definition) is 1. The Morgan fingerprint density at radius 2 is 1.63 bits per heavy atom. The summed E-state index contributed by atoms with van der Waals surface area (Å²) in [6.07, 6.45) is 0.391. The van der Waals surface area contributed by atoms with E-state index in [1.165, 1.54) is 0 Å². The summed E-state index contributed by atoms with van der Waals surface area (Å²) in [7, 11) is 0. The molecule has 1 heterocycles. The summed E-state index contributed by atoms with van der Waals surface area (Å²) in [6, 6.07) is 17.9. The molecule has 0 atom stereocenters. The van der Waals surface area contributed by atoms with Crippen LogP contribution in [-0.2, 0) is 9.59 Å². The number of amides is 2. The molecule has 1 aromatic heterocycles. The highest BCUT2D eigenvalue weighted by Gasteiger charge is 2.26. The summed E-state index contributed by atoms with van der Waals surface area (Å²) in [5, 5.41) is 7.92. The highest BCUT2D eigenvalue weighted by molar-refractivity contribution is 5.98. The van der Waals surface area contributed by atoms with Gasteiger partial charge in [0.1, 0.15) is 5.82 Å². The van der Waals surface area contributed by atoms with Crippen molar-refractivity contribution < 1.29 is 9.59 Å². The Bertz CT molecular complexity index is 1170. The van der Waals surface area contributed by atoms with E-state index in [0.717, 1.165) is 28.1 Å².